The predicted molar refractivity (Wildman–Crippen MR) is 94.8 cm³/mol. The van der Waals surface area contributed by atoms with Crippen LogP contribution < -0.4 is 15.4 Å². The van der Waals surface area contributed by atoms with Crippen molar-refractivity contribution in [2.24, 2.45) is 0 Å². The Balaban J connectivity index is 1.59. The lowest BCUT2D eigenvalue weighted by Crippen LogP contribution is -2.37. The van der Waals surface area contributed by atoms with Crippen molar-refractivity contribution in [3.63, 3.8) is 0 Å². The third kappa shape index (κ3) is 4.50. The Morgan fingerprint density at radius 1 is 1.30 bits per heavy atom. The quantitative estimate of drug-likeness (QED) is 0.885. The molecule has 0 saturated carbocycles. The minimum atomic E-state index is -0.114. The molecule has 5 heteroatoms. The molecule has 4 nitrogen and oxygen atoms in total. The van der Waals surface area contributed by atoms with E-state index in [0.717, 1.165) is 28.6 Å². The van der Waals surface area contributed by atoms with E-state index in [-0.39, 0.29) is 11.9 Å². The van der Waals surface area contributed by atoms with Gasteiger partial charge in [0, 0.05) is 23.4 Å². The summed E-state index contributed by atoms with van der Waals surface area (Å²) in [5, 5.41) is 6.10. The Bertz CT molecular complexity index is 684. The van der Waals surface area contributed by atoms with Gasteiger partial charge in [-0.1, -0.05) is 35.9 Å². The van der Waals surface area contributed by atoms with E-state index in [0.29, 0.717) is 6.61 Å². The number of benzene rings is 2. The Morgan fingerprint density at radius 2 is 2.17 bits per heavy atom. The number of ether oxygens (including phenoxy) is 1. The second-order valence-electron chi connectivity index (χ2n) is 5.57. The second kappa shape index (κ2) is 7.53. The van der Waals surface area contributed by atoms with Gasteiger partial charge in [-0.25, -0.2) is 0 Å². The first-order chi connectivity index (χ1) is 11.2. The molecule has 1 saturated heterocycles. The molecule has 0 radical (unpaired) electrons. The van der Waals surface area contributed by atoms with Crippen LogP contribution >= 0.6 is 11.8 Å². The summed E-state index contributed by atoms with van der Waals surface area (Å²) in [6.45, 7) is 2.58. The van der Waals surface area contributed by atoms with E-state index in [4.69, 9.17) is 4.74 Å². The molecular weight excluding hydrogens is 308 g/mol. The first-order valence-electron chi connectivity index (χ1n) is 7.61. The van der Waals surface area contributed by atoms with Gasteiger partial charge in [0.05, 0.1) is 6.04 Å². The first-order valence-corrected chi connectivity index (χ1v) is 8.76. The van der Waals surface area contributed by atoms with Crippen LogP contribution in [0.5, 0.6) is 5.75 Å². The standard InChI is InChI=1S/C18H20N2O2S/c1-13-4-2-5-14(8-13)10-22-16-7-3-6-15(9-16)20-18(21)17-11-23-12-19-17/h2-9,17,19H,10-12H2,1H3,(H,20,21). The maximum atomic E-state index is 12.1. The van der Waals surface area contributed by atoms with E-state index in [2.05, 4.69) is 29.7 Å². The molecule has 1 amide bonds. The second-order valence-corrected chi connectivity index (χ2v) is 6.60. The summed E-state index contributed by atoms with van der Waals surface area (Å²) >= 11 is 1.73. The number of amides is 1. The molecular formula is C18H20N2O2S. The molecule has 23 heavy (non-hydrogen) atoms. The van der Waals surface area contributed by atoms with Gasteiger partial charge in [0.2, 0.25) is 5.91 Å². The molecule has 1 aliphatic rings. The number of thioether (sulfide) groups is 1. The molecule has 1 heterocycles. The van der Waals surface area contributed by atoms with Gasteiger partial charge >= 0.3 is 0 Å². The van der Waals surface area contributed by atoms with Crippen LogP contribution in [0.3, 0.4) is 0 Å². The van der Waals surface area contributed by atoms with Crippen molar-refractivity contribution in [3.8, 4) is 5.75 Å². The lowest BCUT2D eigenvalue weighted by Gasteiger charge is -2.12. The molecule has 120 valence electrons. The summed E-state index contributed by atoms with van der Waals surface area (Å²) in [5.41, 5.74) is 3.11. The van der Waals surface area contributed by atoms with Gasteiger partial charge in [-0.05, 0) is 24.6 Å². The van der Waals surface area contributed by atoms with Crippen LogP contribution in [0.25, 0.3) is 0 Å². The number of hydrogen-bond donors (Lipinski definition) is 2. The largest absolute Gasteiger partial charge is 0.489 e. The number of carbonyl (C=O) groups excluding carboxylic acids is 1. The highest BCUT2D eigenvalue weighted by Gasteiger charge is 2.22. The fourth-order valence-electron chi connectivity index (χ4n) is 2.43. The van der Waals surface area contributed by atoms with E-state index < -0.39 is 0 Å². The molecule has 3 rings (SSSR count). The van der Waals surface area contributed by atoms with Gasteiger partial charge in [0.25, 0.3) is 0 Å². The summed E-state index contributed by atoms with van der Waals surface area (Å²) < 4.78 is 5.82. The number of nitrogens with one attached hydrogen (secondary N) is 2. The van der Waals surface area contributed by atoms with E-state index in [1.165, 1.54) is 5.56 Å². The monoisotopic (exact) mass is 328 g/mol. The van der Waals surface area contributed by atoms with Crippen LogP contribution in [0.2, 0.25) is 0 Å². The number of rotatable bonds is 5. The van der Waals surface area contributed by atoms with Crippen LogP contribution in [0.15, 0.2) is 48.5 Å². The number of anilines is 1. The minimum Gasteiger partial charge on any atom is -0.489 e. The summed E-state index contributed by atoms with van der Waals surface area (Å²) in [7, 11) is 0. The van der Waals surface area contributed by atoms with Gasteiger partial charge in [-0.15, -0.1) is 11.8 Å². The van der Waals surface area contributed by atoms with Crippen molar-refractivity contribution in [2.75, 3.05) is 16.9 Å². The predicted octanol–water partition coefficient (Wildman–Crippen LogP) is 3.18. The smallest absolute Gasteiger partial charge is 0.242 e. The van der Waals surface area contributed by atoms with Crippen LogP contribution in [0.4, 0.5) is 5.69 Å². The molecule has 1 unspecified atom stereocenters. The van der Waals surface area contributed by atoms with Gasteiger partial charge < -0.3 is 10.1 Å². The highest BCUT2D eigenvalue weighted by molar-refractivity contribution is 7.99. The zero-order valence-corrected chi connectivity index (χ0v) is 13.9. The average molecular weight is 328 g/mol. The molecule has 0 spiro atoms. The van der Waals surface area contributed by atoms with E-state index in [1.54, 1.807) is 11.8 Å². The van der Waals surface area contributed by atoms with Crippen molar-refractivity contribution in [3.05, 3.63) is 59.7 Å². The van der Waals surface area contributed by atoms with Crippen LogP contribution in [-0.4, -0.2) is 23.6 Å². The van der Waals surface area contributed by atoms with Gasteiger partial charge in [-0.3, -0.25) is 10.1 Å². The van der Waals surface area contributed by atoms with Crippen molar-refractivity contribution in [1.29, 1.82) is 0 Å². The summed E-state index contributed by atoms with van der Waals surface area (Å²) in [6, 6.07) is 15.6. The van der Waals surface area contributed by atoms with Crippen molar-refractivity contribution >= 4 is 23.4 Å². The SMILES string of the molecule is Cc1cccc(COc2cccc(NC(=O)C3CSCN3)c2)c1. The van der Waals surface area contributed by atoms with Gasteiger partial charge in [0.15, 0.2) is 0 Å². The van der Waals surface area contributed by atoms with Gasteiger partial charge in [-0.2, -0.15) is 0 Å². The summed E-state index contributed by atoms with van der Waals surface area (Å²) in [4.78, 5) is 12.1. The van der Waals surface area contributed by atoms with Crippen molar-refractivity contribution < 1.29 is 9.53 Å². The Hall–Kier alpha value is -1.98. The normalized spacial score (nSPS) is 17.0. The fraction of sp³-hybridized carbons (Fsp3) is 0.278. The third-order valence-corrected chi connectivity index (χ3v) is 4.56. The van der Waals surface area contributed by atoms with Crippen LogP contribution in [0, 0.1) is 6.92 Å². The zero-order chi connectivity index (χ0) is 16.1. The fourth-order valence-corrected chi connectivity index (χ4v) is 3.37. The highest BCUT2D eigenvalue weighted by atomic mass is 32.2. The molecule has 2 aromatic rings. The minimum absolute atomic E-state index is 0.00540. The molecule has 0 aliphatic carbocycles. The molecule has 0 aromatic heterocycles. The lowest BCUT2D eigenvalue weighted by molar-refractivity contribution is -0.117. The summed E-state index contributed by atoms with van der Waals surface area (Å²) in [6.07, 6.45) is 0. The molecule has 1 fully saturated rings. The van der Waals surface area contributed by atoms with Crippen molar-refractivity contribution in [1.82, 2.24) is 5.32 Å². The van der Waals surface area contributed by atoms with E-state index in [1.807, 2.05) is 36.4 Å². The average Bonchev–Trinajstić information content (AvgIpc) is 3.08. The zero-order valence-electron chi connectivity index (χ0n) is 13.0. The topological polar surface area (TPSA) is 50.4 Å². The first kappa shape index (κ1) is 15.9. The van der Waals surface area contributed by atoms with Crippen molar-refractivity contribution in [2.45, 2.75) is 19.6 Å². The number of aryl methyl sites for hydroxylation is 1. The molecule has 2 N–H and O–H groups in total. The van der Waals surface area contributed by atoms with E-state index >= 15 is 0 Å². The van der Waals surface area contributed by atoms with Crippen LogP contribution in [0.1, 0.15) is 11.1 Å². The Kier molecular flexibility index (Phi) is 5.20. The molecule has 1 atom stereocenters. The van der Waals surface area contributed by atoms with Gasteiger partial charge in [0.1, 0.15) is 12.4 Å². The molecule has 2 aromatic carbocycles. The maximum Gasteiger partial charge on any atom is 0.242 e. The lowest BCUT2D eigenvalue weighted by atomic mass is 10.1. The molecule has 1 aliphatic heterocycles. The van der Waals surface area contributed by atoms with E-state index in [9.17, 15) is 4.79 Å². The Morgan fingerprint density at radius 3 is 2.96 bits per heavy atom. The number of hydrogen-bond acceptors (Lipinski definition) is 4. The highest BCUT2D eigenvalue weighted by Crippen LogP contribution is 2.20. The number of carbonyl (C=O) groups is 1. The van der Waals surface area contributed by atoms with Crippen LogP contribution in [-0.2, 0) is 11.4 Å². The molecule has 0 bridgehead atoms. The maximum absolute atomic E-state index is 12.1. The Labute approximate surface area is 140 Å². The third-order valence-electron chi connectivity index (χ3n) is 3.62. The summed E-state index contributed by atoms with van der Waals surface area (Å²) in [5.74, 6) is 2.40.